The van der Waals surface area contributed by atoms with Crippen molar-refractivity contribution in [3.63, 3.8) is 0 Å². The maximum Gasteiger partial charge on any atom is 0.0406 e. The van der Waals surface area contributed by atoms with E-state index in [0.29, 0.717) is 0 Å². The van der Waals surface area contributed by atoms with Crippen LogP contribution in [0.4, 0.5) is 0 Å². The lowest BCUT2D eigenvalue weighted by molar-refractivity contribution is 0.272. The molecule has 0 bridgehead atoms. The summed E-state index contributed by atoms with van der Waals surface area (Å²) in [5, 5.41) is 0.818. The van der Waals surface area contributed by atoms with Gasteiger partial charge in [0, 0.05) is 5.02 Å². The molecule has 2 heteroatoms. The maximum absolute atomic E-state index is 5.81. The van der Waals surface area contributed by atoms with Crippen molar-refractivity contribution in [1.29, 1.82) is 0 Å². The van der Waals surface area contributed by atoms with Gasteiger partial charge in [-0.2, -0.15) is 0 Å². The largest absolute Gasteiger partial charge is 0.330 e. The third-order valence-electron chi connectivity index (χ3n) is 2.91. The van der Waals surface area contributed by atoms with Crippen molar-refractivity contribution >= 4 is 11.6 Å². The van der Waals surface area contributed by atoms with Crippen LogP contribution in [0.5, 0.6) is 0 Å². The molecule has 1 aromatic rings. The van der Waals surface area contributed by atoms with Crippen molar-refractivity contribution in [1.82, 2.24) is 0 Å². The second-order valence-electron chi connectivity index (χ2n) is 3.82. The quantitative estimate of drug-likeness (QED) is 0.772. The van der Waals surface area contributed by atoms with Gasteiger partial charge in [-0.1, -0.05) is 23.7 Å². The van der Waals surface area contributed by atoms with E-state index < -0.39 is 0 Å². The molecule has 0 atom stereocenters. The number of nitrogens with two attached hydrogens (primary N) is 1. The first-order valence-electron chi connectivity index (χ1n) is 4.75. The molecule has 2 rings (SSSR count). The molecule has 0 spiro atoms. The molecule has 0 heterocycles. The predicted molar refractivity (Wildman–Crippen MR) is 56.0 cm³/mol. The highest BCUT2D eigenvalue weighted by Gasteiger charge is 2.28. The van der Waals surface area contributed by atoms with Crippen LogP contribution in [0.3, 0.4) is 0 Å². The van der Waals surface area contributed by atoms with Crippen molar-refractivity contribution in [2.45, 2.75) is 18.8 Å². The smallest absolute Gasteiger partial charge is 0.0406 e. The highest BCUT2D eigenvalue weighted by Crippen LogP contribution is 2.40. The van der Waals surface area contributed by atoms with Crippen LogP contribution in [0, 0.1) is 5.92 Å². The lowest BCUT2D eigenvalue weighted by Crippen LogP contribution is -2.28. The fourth-order valence-electron chi connectivity index (χ4n) is 1.94. The minimum atomic E-state index is 0.728. The zero-order valence-electron chi connectivity index (χ0n) is 7.54. The predicted octanol–water partition coefficient (Wildman–Crippen LogP) is 2.79. The molecule has 0 amide bonds. The van der Waals surface area contributed by atoms with E-state index >= 15 is 0 Å². The minimum Gasteiger partial charge on any atom is -0.330 e. The lowest BCUT2D eigenvalue weighted by atomic mass is 9.71. The molecule has 1 aromatic carbocycles. The van der Waals surface area contributed by atoms with Gasteiger partial charge in [0.1, 0.15) is 0 Å². The number of halogens is 1. The average Bonchev–Trinajstić information content (AvgIpc) is 2.06. The Kier molecular flexibility index (Phi) is 2.56. The van der Waals surface area contributed by atoms with Gasteiger partial charge in [-0.25, -0.2) is 0 Å². The Labute approximate surface area is 83.9 Å². The third-order valence-corrected chi connectivity index (χ3v) is 3.16. The van der Waals surface area contributed by atoms with E-state index in [1.165, 1.54) is 18.4 Å². The van der Waals surface area contributed by atoms with Gasteiger partial charge in [0.05, 0.1) is 0 Å². The van der Waals surface area contributed by atoms with Crippen LogP contribution in [-0.2, 0) is 0 Å². The Morgan fingerprint density at radius 2 is 1.85 bits per heavy atom. The molecule has 0 radical (unpaired) electrons. The first-order chi connectivity index (χ1) is 6.29. The summed E-state index contributed by atoms with van der Waals surface area (Å²) in [6.07, 6.45) is 2.50. The minimum absolute atomic E-state index is 0.728. The number of hydrogen-bond donors (Lipinski definition) is 1. The average molecular weight is 196 g/mol. The van der Waals surface area contributed by atoms with Crippen LogP contribution >= 0.6 is 11.6 Å². The third kappa shape index (κ3) is 1.87. The van der Waals surface area contributed by atoms with Crippen molar-refractivity contribution in [3.05, 3.63) is 34.9 Å². The number of hydrogen-bond acceptors (Lipinski definition) is 1. The Morgan fingerprint density at radius 1 is 1.23 bits per heavy atom. The lowest BCUT2D eigenvalue weighted by Gasteiger charge is -2.34. The molecule has 1 saturated carbocycles. The Morgan fingerprint density at radius 3 is 2.38 bits per heavy atom. The van der Waals surface area contributed by atoms with E-state index in [-0.39, 0.29) is 0 Å². The second kappa shape index (κ2) is 3.69. The topological polar surface area (TPSA) is 26.0 Å². The molecule has 0 saturated heterocycles. The van der Waals surface area contributed by atoms with E-state index in [1.807, 2.05) is 12.1 Å². The molecule has 13 heavy (non-hydrogen) atoms. The van der Waals surface area contributed by atoms with E-state index in [9.17, 15) is 0 Å². The van der Waals surface area contributed by atoms with Gasteiger partial charge in [-0.3, -0.25) is 0 Å². The van der Waals surface area contributed by atoms with Gasteiger partial charge in [0.15, 0.2) is 0 Å². The van der Waals surface area contributed by atoms with Crippen molar-refractivity contribution in [2.24, 2.45) is 11.7 Å². The Hall–Kier alpha value is -0.530. The number of benzene rings is 1. The molecule has 2 N–H and O–H groups in total. The van der Waals surface area contributed by atoms with Gasteiger partial charge in [-0.05, 0) is 48.9 Å². The van der Waals surface area contributed by atoms with Gasteiger partial charge in [0.2, 0.25) is 0 Å². The highest BCUT2D eigenvalue weighted by molar-refractivity contribution is 6.30. The van der Waals surface area contributed by atoms with E-state index in [1.54, 1.807) is 0 Å². The molecular weight excluding hydrogens is 182 g/mol. The Balaban J connectivity index is 1.99. The van der Waals surface area contributed by atoms with Gasteiger partial charge < -0.3 is 5.73 Å². The van der Waals surface area contributed by atoms with Crippen molar-refractivity contribution < 1.29 is 0 Å². The standard InChI is InChI=1S/C11H14ClN/c12-11-3-1-9(2-4-11)10-5-8(6-10)7-13/h1-4,8,10H,5-7,13H2/t8-,10-. The zero-order valence-corrected chi connectivity index (χ0v) is 8.30. The SMILES string of the molecule is NC[C@H]1C[C@H](c2ccc(Cl)cc2)C1. The summed E-state index contributed by atoms with van der Waals surface area (Å²) in [6.45, 7) is 0.837. The molecule has 0 unspecified atom stereocenters. The van der Waals surface area contributed by atoms with Crippen LogP contribution in [0.25, 0.3) is 0 Å². The van der Waals surface area contributed by atoms with Gasteiger partial charge in [0.25, 0.3) is 0 Å². The van der Waals surface area contributed by atoms with Crippen LogP contribution in [0.2, 0.25) is 5.02 Å². The first-order valence-corrected chi connectivity index (χ1v) is 5.13. The Bertz CT molecular complexity index is 275. The van der Waals surface area contributed by atoms with Crippen LogP contribution in [0.15, 0.2) is 24.3 Å². The molecular formula is C11H14ClN. The first kappa shape index (κ1) is 9.04. The van der Waals surface area contributed by atoms with Crippen molar-refractivity contribution in [2.75, 3.05) is 6.54 Å². The maximum atomic E-state index is 5.81. The summed E-state index contributed by atoms with van der Waals surface area (Å²) >= 11 is 5.81. The van der Waals surface area contributed by atoms with Gasteiger partial charge in [-0.15, -0.1) is 0 Å². The molecule has 1 nitrogen and oxygen atoms in total. The normalized spacial score (nSPS) is 26.9. The molecule has 70 valence electrons. The molecule has 1 fully saturated rings. The summed E-state index contributed by atoms with van der Waals surface area (Å²) in [7, 11) is 0. The summed E-state index contributed by atoms with van der Waals surface area (Å²) in [6, 6.07) is 8.18. The van der Waals surface area contributed by atoms with Gasteiger partial charge >= 0.3 is 0 Å². The summed E-state index contributed by atoms with van der Waals surface area (Å²) in [4.78, 5) is 0. The van der Waals surface area contributed by atoms with Crippen LogP contribution < -0.4 is 5.73 Å². The van der Waals surface area contributed by atoms with Crippen LogP contribution in [0.1, 0.15) is 24.3 Å². The second-order valence-corrected chi connectivity index (χ2v) is 4.26. The molecule has 1 aliphatic carbocycles. The zero-order chi connectivity index (χ0) is 9.26. The van der Waals surface area contributed by atoms with Crippen molar-refractivity contribution in [3.8, 4) is 0 Å². The highest BCUT2D eigenvalue weighted by atomic mass is 35.5. The number of rotatable bonds is 2. The summed E-state index contributed by atoms with van der Waals surface area (Å²) in [5.74, 6) is 1.48. The summed E-state index contributed by atoms with van der Waals surface area (Å²) in [5.41, 5.74) is 6.99. The molecule has 1 aliphatic rings. The summed E-state index contributed by atoms with van der Waals surface area (Å²) < 4.78 is 0. The fourth-order valence-corrected chi connectivity index (χ4v) is 2.06. The van der Waals surface area contributed by atoms with E-state index in [4.69, 9.17) is 17.3 Å². The molecule has 0 aromatic heterocycles. The molecule has 0 aliphatic heterocycles. The van der Waals surface area contributed by atoms with E-state index in [0.717, 1.165) is 23.4 Å². The monoisotopic (exact) mass is 195 g/mol. The fraction of sp³-hybridized carbons (Fsp3) is 0.455. The van der Waals surface area contributed by atoms with Crippen LogP contribution in [-0.4, -0.2) is 6.54 Å². The van der Waals surface area contributed by atoms with E-state index in [2.05, 4.69) is 12.1 Å².